The van der Waals surface area contributed by atoms with E-state index in [1.807, 2.05) is 0 Å². The van der Waals surface area contributed by atoms with E-state index in [-0.39, 0.29) is 17.9 Å². The molecule has 0 aromatic heterocycles. The molecule has 0 spiro atoms. The Kier molecular flexibility index (Phi) is 4.99. The molecular weight excluding hydrogens is 230 g/mol. The Balaban J connectivity index is 2.80. The largest absolute Gasteiger partial charge is 0.384 e. The van der Waals surface area contributed by atoms with E-state index in [2.05, 4.69) is 4.99 Å². The highest BCUT2D eigenvalue weighted by atomic mass is 19.1. The molecule has 0 heterocycles. The predicted octanol–water partition coefficient (Wildman–Crippen LogP) is 1.29. The summed E-state index contributed by atoms with van der Waals surface area (Å²) in [5.41, 5.74) is 5.78. The molecule has 0 amide bonds. The van der Waals surface area contributed by atoms with Gasteiger partial charge in [-0.3, -0.25) is 4.99 Å². The average Bonchev–Trinajstić information content (AvgIpc) is 2.28. The summed E-state index contributed by atoms with van der Waals surface area (Å²) in [4.78, 5) is 3.93. The third kappa shape index (κ3) is 4.08. The number of ether oxygens (including phenoxy) is 2. The minimum Gasteiger partial charge on any atom is -0.384 e. The van der Waals surface area contributed by atoms with Gasteiger partial charge in [0, 0.05) is 25.8 Å². The van der Waals surface area contributed by atoms with Crippen LogP contribution in [0.4, 0.5) is 8.78 Å². The molecule has 0 saturated carbocycles. The van der Waals surface area contributed by atoms with Gasteiger partial charge in [0.1, 0.15) is 17.5 Å². The fourth-order valence-corrected chi connectivity index (χ4v) is 1.21. The Bertz CT molecular complexity index is 386. The van der Waals surface area contributed by atoms with Gasteiger partial charge in [0.15, 0.2) is 6.29 Å². The lowest BCUT2D eigenvalue weighted by atomic mass is 10.2. The van der Waals surface area contributed by atoms with Gasteiger partial charge in [0.25, 0.3) is 0 Å². The molecule has 4 nitrogen and oxygen atoms in total. The molecule has 6 heteroatoms. The van der Waals surface area contributed by atoms with Crippen molar-refractivity contribution in [2.45, 2.75) is 6.29 Å². The van der Waals surface area contributed by atoms with Crippen molar-refractivity contribution in [2.75, 3.05) is 20.8 Å². The molecule has 1 rings (SSSR count). The van der Waals surface area contributed by atoms with Crippen LogP contribution in [-0.4, -0.2) is 32.9 Å². The van der Waals surface area contributed by atoms with Crippen molar-refractivity contribution in [3.63, 3.8) is 0 Å². The Hall–Kier alpha value is -1.53. The molecule has 0 aliphatic carbocycles. The van der Waals surface area contributed by atoms with E-state index < -0.39 is 17.9 Å². The van der Waals surface area contributed by atoms with Crippen molar-refractivity contribution in [1.29, 1.82) is 0 Å². The lowest BCUT2D eigenvalue weighted by Crippen LogP contribution is -2.21. The van der Waals surface area contributed by atoms with Crippen molar-refractivity contribution in [1.82, 2.24) is 0 Å². The number of methoxy groups -OCH3 is 2. The average molecular weight is 244 g/mol. The highest BCUT2D eigenvalue weighted by Crippen LogP contribution is 2.07. The van der Waals surface area contributed by atoms with Gasteiger partial charge in [-0.25, -0.2) is 8.78 Å². The maximum absolute atomic E-state index is 12.9. The van der Waals surface area contributed by atoms with E-state index in [0.29, 0.717) is 0 Å². The molecule has 0 saturated heterocycles. The standard InChI is InChI=1S/C11H14F2N2O2/c1-16-10(17-2)6-15-11(14)7-3-8(12)5-9(13)4-7/h3-5,10H,6H2,1-2H3,(H2,14,15). The van der Waals surface area contributed by atoms with E-state index in [0.717, 1.165) is 18.2 Å². The van der Waals surface area contributed by atoms with Gasteiger partial charge in [-0.15, -0.1) is 0 Å². The summed E-state index contributed by atoms with van der Waals surface area (Å²) in [5.74, 6) is -1.37. The summed E-state index contributed by atoms with van der Waals surface area (Å²) >= 11 is 0. The maximum atomic E-state index is 12.9. The molecule has 0 unspecified atom stereocenters. The Morgan fingerprint density at radius 3 is 2.24 bits per heavy atom. The summed E-state index contributed by atoms with van der Waals surface area (Å²) < 4.78 is 35.6. The van der Waals surface area contributed by atoms with E-state index in [1.54, 1.807) is 0 Å². The van der Waals surface area contributed by atoms with Crippen LogP contribution in [0.25, 0.3) is 0 Å². The van der Waals surface area contributed by atoms with Gasteiger partial charge in [-0.2, -0.15) is 0 Å². The molecule has 2 N–H and O–H groups in total. The van der Waals surface area contributed by atoms with Gasteiger partial charge < -0.3 is 15.2 Å². The molecule has 1 aromatic rings. The predicted molar refractivity (Wildman–Crippen MR) is 59.8 cm³/mol. The van der Waals surface area contributed by atoms with Crippen molar-refractivity contribution in [3.8, 4) is 0 Å². The minimum absolute atomic E-state index is 0.0301. The van der Waals surface area contributed by atoms with Gasteiger partial charge in [-0.05, 0) is 12.1 Å². The fourth-order valence-electron chi connectivity index (χ4n) is 1.21. The van der Waals surface area contributed by atoms with Crippen molar-refractivity contribution >= 4 is 5.84 Å². The molecule has 94 valence electrons. The van der Waals surface area contributed by atoms with Gasteiger partial charge in [0.2, 0.25) is 0 Å². The SMILES string of the molecule is COC(CN=C(N)c1cc(F)cc(F)c1)OC. The van der Waals surface area contributed by atoms with Crippen molar-refractivity contribution in [2.24, 2.45) is 10.7 Å². The maximum Gasteiger partial charge on any atom is 0.176 e. The van der Waals surface area contributed by atoms with E-state index in [4.69, 9.17) is 15.2 Å². The lowest BCUT2D eigenvalue weighted by Gasteiger charge is -2.10. The Morgan fingerprint density at radius 1 is 1.24 bits per heavy atom. The second kappa shape index (κ2) is 6.27. The van der Waals surface area contributed by atoms with Crippen LogP contribution in [0.1, 0.15) is 5.56 Å². The molecule has 0 radical (unpaired) electrons. The smallest absolute Gasteiger partial charge is 0.176 e. The van der Waals surface area contributed by atoms with Crippen LogP contribution >= 0.6 is 0 Å². The van der Waals surface area contributed by atoms with E-state index >= 15 is 0 Å². The number of aliphatic imine (C=N–C) groups is 1. The number of nitrogens with zero attached hydrogens (tertiary/aromatic N) is 1. The van der Waals surface area contributed by atoms with Gasteiger partial charge >= 0.3 is 0 Å². The Morgan fingerprint density at radius 2 is 1.76 bits per heavy atom. The van der Waals surface area contributed by atoms with Crippen molar-refractivity contribution in [3.05, 3.63) is 35.4 Å². The summed E-state index contributed by atoms with van der Waals surface area (Å²) in [5, 5.41) is 0. The number of hydrogen-bond donors (Lipinski definition) is 1. The number of halogens is 2. The highest BCUT2D eigenvalue weighted by molar-refractivity contribution is 5.97. The summed E-state index contributed by atoms with van der Waals surface area (Å²) in [6, 6.07) is 2.98. The number of amidine groups is 1. The number of benzene rings is 1. The van der Waals surface area contributed by atoms with Gasteiger partial charge in [-0.1, -0.05) is 0 Å². The molecule has 0 bridgehead atoms. The first-order chi connectivity index (χ1) is 8.06. The normalized spacial score (nSPS) is 12.2. The zero-order valence-corrected chi connectivity index (χ0v) is 9.61. The molecule has 1 aromatic carbocycles. The number of rotatable bonds is 5. The topological polar surface area (TPSA) is 56.8 Å². The van der Waals surface area contributed by atoms with Crippen LogP contribution in [0.5, 0.6) is 0 Å². The number of hydrogen-bond acceptors (Lipinski definition) is 3. The molecular formula is C11H14F2N2O2. The second-order valence-electron chi connectivity index (χ2n) is 3.29. The monoisotopic (exact) mass is 244 g/mol. The van der Waals surface area contributed by atoms with Crippen LogP contribution in [0, 0.1) is 11.6 Å². The first-order valence-electron chi connectivity index (χ1n) is 4.88. The van der Waals surface area contributed by atoms with Crippen molar-refractivity contribution < 1.29 is 18.3 Å². The molecule has 17 heavy (non-hydrogen) atoms. The molecule has 0 fully saturated rings. The highest BCUT2D eigenvalue weighted by Gasteiger charge is 2.07. The number of nitrogens with two attached hydrogens (primary N) is 1. The first kappa shape index (κ1) is 13.5. The van der Waals surface area contributed by atoms with Crippen LogP contribution < -0.4 is 5.73 Å². The third-order valence-corrected chi connectivity index (χ3v) is 2.09. The minimum atomic E-state index is -0.701. The Labute approximate surface area is 98.0 Å². The van der Waals surface area contributed by atoms with E-state index in [9.17, 15) is 8.78 Å². The molecule has 0 aliphatic rings. The fraction of sp³-hybridized carbons (Fsp3) is 0.364. The van der Waals surface area contributed by atoms with E-state index in [1.165, 1.54) is 14.2 Å². The van der Waals surface area contributed by atoms with Crippen LogP contribution in [0.15, 0.2) is 23.2 Å². The summed E-state index contributed by atoms with van der Waals surface area (Å²) in [7, 11) is 2.92. The van der Waals surface area contributed by atoms with Crippen LogP contribution in [0.3, 0.4) is 0 Å². The third-order valence-electron chi connectivity index (χ3n) is 2.09. The molecule has 0 atom stereocenters. The summed E-state index contributed by atoms with van der Waals surface area (Å²) in [6.07, 6.45) is -0.535. The van der Waals surface area contributed by atoms with Crippen LogP contribution in [-0.2, 0) is 9.47 Å². The van der Waals surface area contributed by atoms with Gasteiger partial charge in [0.05, 0.1) is 6.54 Å². The van der Waals surface area contributed by atoms with Crippen LogP contribution in [0.2, 0.25) is 0 Å². The zero-order valence-electron chi connectivity index (χ0n) is 9.61. The first-order valence-corrected chi connectivity index (χ1v) is 4.88. The zero-order chi connectivity index (χ0) is 12.8. The quantitative estimate of drug-likeness (QED) is 0.482. The summed E-state index contributed by atoms with van der Waals surface area (Å²) in [6.45, 7) is 0.150. The second-order valence-corrected chi connectivity index (χ2v) is 3.29. The lowest BCUT2D eigenvalue weighted by molar-refractivity contribution is -0.0936. The molecule has 0 aliphatic heterocycles.